The average molecular weight is 279 g/mol. The van der Waals surface area contributed by atoms with Crippen molar-refractivity contribution in [2.45, 2.75) is 25.8 Å². The van der Waals surface area contributed by atoms with Crippen molar-refractivity contribution in [1.29, 1.82) is 0 Å². The van der Waals surface area contributed by atoms with Crippen molar-refractivity contribution in [3.63, 3.8) is 0 Å². The van der Waals surface area contributed by atoms with Crippen LogP contribution in [0, 0.1) is 6.92 Å². The zero-order valence-corrected chi connectivity index (χ0v) is 12.0. The maximum Gasteiger partial charge on any atom is 0.0521 e. The highest BCUT2D eigenvalue weighted by Gasteiger charge is 2.13. The molecule has 2 aromatic rings. The number of halogens is 1. The second-order valence-corrected chi connectivity index (χ2v) is 5.22. The second kappa shape index (κ2) is 6.19. The summed E-state index contributed by atoms with van der Waals surface area (Å²) in [4.78, 5) is 0. The van der Waals surface area contributed by atoms with Crippen molar-refractivity contribution in [2.24, 2.45) is 12.9 Å². The molecule has 0 saturated carbocycles. The van der Waals surface area contributed by atoms with E-state index in [0.29, 0.717) is 0 Å². The summed E-state index contributed by atoms with van der Waals surface area (Å²) in [7, 11) is 1.92. The topological polar surface area (TPSA) is 55.9 Å². The highest BCUT2D eigenvalue weighted by atomic mass is 35.5. The molecule has 0 aliphatic heterocycles. The van der Waals surface area contributed by atoms with E-state index in [1.165, 1.54) is 11.1 Å². The van der Waals surface area contributed by atoms with Crippen molar-refractivity contribution in [3.8, 4) is 0 Å². The first kappa shape index (κ1) is 14.1. The van der Waals surface area contributed by atoms with Gasteiger partial charge in [0.1, 0.15) is 0 Å². The summed E-state index contributed by atoms with van der Waals surface area (Å²) in [6.07, 6.45) is 5.78. The van der Waals surface area contributed by atoms with Gasteiger partial charge in [0.15, 0.2) is 0 Å². The number of benzene rings is 1. The van der Waals surface area contributed by atoms with Crippen LogP contribution in [0.5, 0.6) is 0 Å². The molecule has 102 valence electrons. The SMILES string of the molecule is Cc1cc(Cl)ccc1C(CCc1cnn(C)c1)NN. The zero-order valence-electron chi connectivity index (χ0n) is 11.2. The van der Waals surface area contributed by atoms with Crippen molar-refractivity contribution in [1.82, 2.24) is 15.2 Å². The average Bonchev–Trinajstić information content (AvgIpc) is 2.78. The third-order valence-electron chi connectivity index (χ3n) is 3.29. The molecule has 0 bridgehead atoms. The summed E-state index contributed by atoms with van der Waals surface area (Å²) < 4.78 is 1.81. The monoisotopic (exact) mass is 278 g/mol. The number of nitrogens with zero attached hydrogens (tertiary/aromatic N) is 2. The van der Waals surface area contributed by atoms with E-state index in [1.54, 1.807) is 0 Å². The highest BCUT2D eigenvalue weighted by Crippen LogP contribution is 2.24. The van der Waals surface area contributed by atoms with E-state index < -0.39 is 0 Å². The van der Waals surface area contributed by atoms with Crippen LogP contribution >= 0.6 is 11.6 Å². The van der Waals surface area contributed by atoms with Gasteiger partial charge in [-0.3, -0.25) is 16.0 Å². The molecular weight excluding hydrogens is 260 g/mol. The van der Waals surface area contributed by atoms with Gasteiger partial charge in [-0.05, 0) is 48.6 Å². The lowest BCUT2D eigenvalue weighted by Crippen LogP contribution is -2.29. The molecule has 1 heterocycles. The van der Waals surface area contributed by atoms with Gasteiger partial charge in [-0.25, -0.2) is 0 Å². The highest BCUT2D eigenvalue weighted by molar-refractivity contribution is 6.30. The third-order valence-corrected chi connectivity index (χ3v) is 3.52. The van der Waals surface area contributed by atoms with Gasteiger partial charge in [0.25, 0.3) is 0 Å². The van der Waals surface area contributed by atoms with Gasteiger partial charge in [0.2, 0.25) is 0 Å². The Labute approximate surface area is 118 Å². The number of hydrogen-bond donors (Lipinski definition) is 2. The first-order valence-corrected chi connectivity index (χ1v) is 6.67. The van der Waals surface area contributed by atoms with E-state index in [1.807, 2.05) is 42.3 Å². The predicted octanol–water partition coefficient (Wildman–Crippen LogP) is 2.52. The Morgan fingerprint density at radius 1 is 1.47 bits per heavy atom. The first-order chi connectivity index (χ1) is 9.10. The van der Waals surface area contributed by atoms with Gasteiger partial charge >= 0.3 is 0 Å². The normalized spacial score (nSPS) is 12.6. The first-order valence-electron chi connectivity index (χ1n) is 6.30. The van der Waals surface area contributed by atoms with Crippen LogP contribution in [-0.4, -0.2) is 9.78 Å². The Morgan fingerprint density at radius 2 is 2.26 bits per heavy atom. The maximum absolute atomic E-state index is 5.98. The van der Waals surface area contributed by atoms with Crippen LogP contribution in [0.25, 0.3) is 0 Å². The lowest BCUT2D eigenvalue weighted by Gasteiger charge is -2.18. The molecule has 0 amide bonds. The fourth-order valence-corrected chi connectivity index (χ4v) is 2.50. The van der Waals surface area contributed by atoms with Gasteiger partial charge < -0.3 is 0 Å². The molecule has 4 nitrogen and oxygen atoms in total. The molecule has 1 aromatic carbocycles. The molecule has 0 aliphatic carbocycles. The standard InChI is InChI=1S/C14H19ClN4/c1-10-7-12(15)4-5-13(10)14(18-16)6-3-11-8-17-19(2)9-11/h4-5,7-9,14,18H,3,6,16H2,1-2H3. The molecule has 1 aromatic heterocycles. The van der Waals surface area contributed by atoms with E-state index in [2.05, 4.69) is 17.4 Å². The number of rotatable bonds is 5. The van der Waals surface area contributed by atoms with Gasteiger partial charge in [0.05, 0.1) is 6.20 Å². The van der Waals surface area contributed by atoms with E-state index in [0.717, 1.165) is 23.4 Å². The third kappa shape index (κ3) is 3.56. The molecular formula is C14H19ClN4. The number of nitrogens with one attached hydrogen (secondary N) is 1. The minimum absolute atomic E-state index is 0.123. The lowest BCUT2D eigenvalue weighted by atomic mass is 9.97. The Bertz CT molecular complexity index is 550. The second-order valence-electron chi connectivity index (χ2n) is 4.78. The summed E-state index contributed by atoms with van der Waals surface area (Å²) in [6.45, 7) is 2.05. The zero-order chi connectivity index (χ0) is 13.8. The molecule has 0 saturated heterocycles. The fraction of sp³-hybridized carbons (Fsp3) is 0.357. The predicted molar refractivity (Wildman–Crippen MR) is 77.8 cm³/mol. The smallest absolute Gasteiger partial charge is 0.0521 e. The van der Waals surface area contributed by atoms with Crippen LogP contribution in [0.4, 0.5) is 0 Å². The fourth-order valence-electron chi connectivity index (χ4n) is 2.27. The Hall–Kier alpha value is -1.36. The summed E-state index contributed by atoms with van der Waals surface area (Å²) in [5.74, 6) is 5.68. The summed E-state index contributed by atoms with van der Waals surface area (Å²) >= 11 is 5.98. The van der Waals surface area contributed by atoms with Crippen LogP contribution in [0.15, 0.2) is 30.6 Å². The van der Waals surface area contributed by atoms with E-state index in [9.17, 15) is 0 Å². The van der Waals surface area contributed by atoms with Gasteiger partial charge in [-0.15, -0.1) is 0 Å². The minimum Gasteiger partial charge on any atom is -0.276 e. The number of hydrazine groups is 1. The van der Waals surface area contributed by atoms with Crippen molar-refractivity contribution >= 4 is 11.6 Å². The quantitative estimate of drug-likeness (QED) is 0.653. The Balaban J connectivity index is 2.07. The number of aryl methyl sites for hydroxylation is 3. The van der Waals surface area contributed by atoms with E-state index in [4.69, 9.17) is 17.4 Å². The summed E-state index contributed by atoms with van der Waals surface area (Å²) in [6, 6.07) is 6.02. The molecule has 0 fully saturated rings. The maximum atomic E-state index is 5.98. The number of nitrogens with two attached hydrogens (primary N) is 1. The number of hydrogen-bond acceptors (Lipinski definition) is 3. The van der Waals surface area contributed by atoms with Crippen LogP contribution in [0.2, 0.25) is 5.02 Å². The van der Waals surface area contributed by atoms with Crippen LogP contribution in [0.3, 0.4) is 0 Å². The van der Waals surface area contributed by atoms with Gasteiger partial charge in [-0.1, -0.05) is 17.7 Å². The molecule has 0 radical (unpaired) electrons. The Kier molecular flexibility index (Phi) is 4.58. The molecule has 0 spiro atoms. The van der Waals surface area contributed by atoms with Crippen LogP contribution < -0.4 is 11.3 Å². The summed E-state index contributed by atoms with van der Waals surface area (Å²) in [5, 5.41) is 4.92. The summed E-state index contributed by atoms with van der Waals surface area (Å²) in [5.41, 5.74) is 6.45. The molecule has 1 atom stereocenters. The van der Waals surface area contributed by atoms with Crippen LogP contribution in [0.1, 0.15) is 29.2 Å². The van der Waals surface area contributed by atoms with Gasteiger partial charge in [0, 0.05) is 24.3 Å². The largest absolute Gasteiger partial charge is 0.276 e. The van der Waals surface area contributed by atoms with Gasteiger partial charge in [-0.2, -0.15) is 5.10 Å². The van der Waals surface area contributed by atoms with Crippen molar-refractivity contribution in [2.75, 3.05) is 0 Å². The van der Waals surface area contributed by atoms with Crippen molar-refractivity contribution in [3.05, 3.63) is 52.3 Å². The molecule has 3 N–H and O–H groups in total. The van der Waals surface area contributed by atoms with E-state index >= 15 is 0 Å². The minimum atomic E-state index is 0.123. The molecule has 2 rings (SSSR count). The Morgan fingerprint density at radius 3 is 2.84 bits per heavy atom. The van der Waals surface area contributed by atoms with Crippen LogP contribution in [-0.2, 0) is 13.5 Å². The molecule has 0 aliphatic rings. The van der Waals surface area contributed by atoms with Crippen molar-refractivity contribution < 1.29 is 0 Å². The lowest BCUT2D eigenvalue weighted by molar-refractivity contribution is 0.514. The van der Waals surface area contributed by atoms with E-state index in [-0.39, 0.29) is 6.04 Å². The molecule has 19 heavy (non-hydrogen) atoms. The molecule has 1 unspecified atom stereocenters. The molecule has 5 heteroatoms. The number of aromatic nitrogens is 2.